The summed E-state index contributed by atoms with van der Waals surface area (Å²) in [5.41, 5.74) is 7.83. The first-order valence-electron chi connectivity index (χ1n) is 7.79. The molecule has 3 rings (SSSR count). The Hall–Kier alpha value is -3.13. The maximum atomic E-state index is 12.3. The zero-order valence-corrected chi connectivity index (χ0v) is 14.9. The number of nitrogens with two attached hydrogens (primary N) is 1. The highest BCUT2D eigenvalue weighted by Gasteiger charge is 2.19. The molecule has 26 heavy (non-hydrogen) atoms. The van der Waals surface area contributed by atoms with Crippen molar-refractivity contribution in [3.63, 3.8) is 0 Å². The van der Waals surface area contributed by atoms with E-state index in [9.17, 15) is 4.79 Å². The van der Waals surface area contributed by atoms with Gasteiger partial charge in [-0.2, -0.15) is 0 Å². The minimum atomic E-state index is -0.653. The third-order valence-electron chi connectivity index (χ3n) is 3.70. The van der Waals surface area contributed by atoms with E-state index in [1.54, 1.807) is 38.2 Å². The monoisotopic (exact) mass is 372 g/mol. The van der Waals surface area contributed by atoms with Crippen LogP contribution in [0.4, 0.5) is 16.3 Å². The van der Waals surface area contributed by atoms with Gasteiger partial charge in [0.1, 0.15) is 6.10 Å². The minimum Gasteiger partial charge on any atom is -0.441 e. The van der Waals surface area contributed by atoms with Crippen LogP contribution in [0.1, 0.15) is 18.6 Å². The maximum absolute atomic E-state index is 12.3. The second-order valence-corrected chi connectivity index (χ2v) is 5.99. The topological polar surface area (TPSA) is 108 Å². The van der Waals surface area contributed by atoms with Gasteiger partial charge < -0.3 is 10.5 Å². The molecule has 0 aliphatic carbocycles. The zero-order valence-electron chi connectivity index (χ0n) is 14.2. The first kappa shape index (κ1) is 17.7. The minimum absolute atomic E-state index is 0.360. The Kier molecular flexibility index (Phi) is 5.04. The first-order valence-corrected chi connectivity index (χ1v) is 8.17. The van der Waals surface area contributed by atoms with Gasteiger partial charge in [0.25, 0.3) is 0 Å². The summed E-state index contributed by atoms with van der Waals surface area (Å²) in [6.07, 6.45) is 0.327. The number of pyridine rings is 1. The van der Waals surface area contributed by atoms with Gasteiger partial charge >= 0.3 is 6.09 Å². The standard InChI is InChI=1S/C17H17ClN6O2/c1-10(12-5-3-4-6-13(12)18)26-17(25)21-16-15(22-23-24(16)2)14-8-7-11(19)9-20-14/h3-10H,19H2,1-2H3,(H,21,25)/t10-/m1/s1. The molecule has 0 radical (unpaired) electrons. The smallest absolute Gasteiger partial charge is 0.413 e. The number of hydrogen-bond donors (Lipinski definition) is 2. The van der Waals surface area contributed by atoms with Crippen molar-refractivity contribution >= 4 is 29.2 Å². The predicted octanol–water partition coefficient (Wildman–Crippen LogP) is 3.42. The van der Waals surface area contributed by atoms with E-state index in [1.165, 1.54) is 10.9 Å². The molecule has 9 heteroatoms. The summed E-state index contributed by atoms with van der Waals surface area (Å²) in [6.45, 7) is 1.74. The Balaban J connectivity index is 1.77. The van der Waals surface area contributed by atoms with Crippen LogP contribution in [-0.4, -0.2) is 26.1 Å². The van der Waals surface area contributed by atoms with E-state index in [2.05, 4.69) is 20.6 Å². The average molecular weight is 373 g/mol. The van der Waals surface area contributed by atoms with Gasteiger partial charge in [-0.15, -0.1) is 5.10 Å². The molecule has 1 amide bonds. The van der Waals surface area contributed by atoms with Crippen LogP contribution >= 0.6 is 11.6 Å². The van der Waals surface area contributed by atoms with Crippen LogP contribution in [0.25, 0.3) is 11.4 Å². The van der Waals surface area contributed by atoms with E-state index in [0.717, 1.165) is 0 Å². The molecule has 8 nitrogen and oxygen atoms in total. The average Bonchev–Trinajstić information content (AvgIpc) is 2.96. The quantitative estimate of drug-likeness (QED) is 0.726. The van der Waals surface area contributed by atoms with E-state index in [1.807, 2.05) is 12.1 Å². The van der Waals surface area contributed by atoms with Crippen molar-refractivity contribution in [2.24, 2.45) is 7.05 Å². The number of nitrogen functional groups attached to an aromatic ring is 1. The second-order valence-electron chi connectivity index (χ2n) is 5.58. The van der Waals surface area contributed by atoms with Crippen LogP contribution < -0.4 is 11.1 Å². The molecule has 3 N–H and O–H groups in total. The van der Waals surface area contributed by atoms with Gasteiger partial charge in [-0.3, -0.25) is 10.3 Å². The predicted molar refractivity (Wildman–Crippen MR) is 98.6 cm³/mol. The fraction of sp³-hybridized carbons (Fsp3) is 0.176. The van der Waals surface area contributed by atoms with Gasteiger partial charge in [0.05, 0.1) is 17.6 Å². The fourth-order valence-corrected chi connectivity index (χ4v) is 2.66. The highest BCUT2D eigenvalue weighted by Crippen LogP contribution is 2.27. The molecule has 0 spiro atoms. The molecule has 1 aromatic carbocycles. The highest BCUT2D eigenvalue weighted by molar-refractivity contribution is 6.31. The molecule has 3 aromatic rings. The summed E-state index contributed by atoms with van der Waals surface area (Å²) in [5, 5.41) is 11.1. The van der Waals surface area contributed by atoms with E-state index >= 15 is 0 Å². The number of rotatable bonds is 4. The number of amides is 1. The Morgan fingerprint density at radius 2 is 2.08 bits per heavy atom. The molecular weight excluding hydrogens is 356 g/mol. The number of halogens is 1. The summed E-state index contributed by atoms with van der Waals surface area (Å²) in [4.78, 5) is 16.5. The molecule has 2 aromatic heterocycles. The summed E-state index contributed by atoms with van der Waals surface area (Å²) >= 11 is 6.13. The lowest BCUT2D eigenvalue weighted by Gasteiger charge is -2.15. The number of carbonyl (C=O) groups excluding carboxylic acids is 1. The molecule has 0 saturated carbocycles. The maximum Gasteiger partial charge on any atom is 0.413 e. The third kappa shape index (κ3) is 3.75. The number of hydrogen-bond acceptors (Lipinski definition) is 6. The first-order chi connectivity index (χ1) is 12.5. The molecule has 0 fully saturated rings. The number of nitrogens with one attached hydrogen (secondary N) is 1. The zero-order chi connectivity index (χ0) is 18.7. The summed E-state index contributed by atoms with van der Waals surface area (Å²) < 4.78 is 6.84. The van der Waals surface area contributed by atoms with Crippen LogP contribution in [0.5, 0.6) is 0 Å². The van der Waals surface area contributed by atoms with Crippen molar-refractivity contribution in [1.82, 2.24) is 20.0 Å². The summed E-state index contributed by atoms with van der Waals surface area (Å²) in [5.74, 6) is 0.360. The number of ether oxygens (including phenoxy) is 1. The van der Waals surface area contributed by atoms with Crippen LogP contribution in [-0.2, 0) is 11.8 Å². The van der Waals surface area contributed by atoms with Crippen molar-refractivity contribution < 1.29 is 9.53 Å². The van der Waals surface area contributed by atoms with Crippen molar-refractivity contribution in [3.8, 4) is 11.4 Å². The molecule has 0 aliphatic heterocycles. The van der Waals surface area contributed by atoms with Crippen LogP contribution in [0.15, 0.2) is 42.6 Å². The molecule has 0 aliphatic rings. The van der Waals surface area contributed by atoms with Gasteiger partial charge in [-0.25, -0.2) is 9.48 Å². The van der Waals surface area contributed by atoms with Crippen molar-refractivity contribution in [2.45, 2.75) is 13.0 Å². The second kappa shape index (κ2) is 7.40. The molecule has 1 atom stereocenters. The van der Waals surface area contributed by atoms with Crippen LogP contribution in [0.3, 0.4) is 0 Å². The Morgan fingerprint density at radius 1 is 1.31 bits per heavy atom. The Morgan fingerprint density at radius 3 is 2.77 bits per heavy atom. The number of anilines is 2. The number of aryl methyl sites for hydroxylation is 1. The van der Waals surface area contributed by atoms with Crippen molar-refractivity contribution in [1.29, 1.82) is 0 Å². The largest absolute Gasteiger partial charge is 0.441 e. The van der Waals surface area contributed by atoms with Gasteiger partial charge in [0.15, 0.2) is 11.5 Å². The van der Waals surface area contributed by atoms with E-state index in [4.69, 9.17) is 22.1 Å². The lowest BCUT2D eigenvalue weighted by atomic mass is 10.1. The van der Waals surface area contributed by atoms with E-state index in [0.29, 0.717) is 33.5 Å². The number of carbonyl (C=O) groups is 1. The van der Waals surface area contributed by atoms with Gasteiger partial charge in [-0.1, -0.05) is 35.0 Å². The molecule has 0 bridgehead atoms. The molecular formula is C17H17ClN6O2. The Bertz CT molecular complexity index is 925. The van der Waals surface area contributed by atoms with Gasteiger partial charge in [0, 0.05) is 17.6 Å². The molecule has 0 saturated heterocycles. The molecule has 134 valence electrons. The van der Waals surface area contributed by atoms with Crippen LogP contribution in [0.2, 0.25) is 5.02 Å². The van der Waals surface area contributed by atoms with Crippen LogP contribution in [0, 0.1) is 0 Å². The van der Waals surface area contributed by atoms with E-state index in [-0.39, 0.29) is 0 Å². The number of nitrogens with zero attached hydrogens (tertiary/aromatic N) is 4. The van der Waals surface area contributed by atoms with Crippen molar-refractivity contribution in [3.05, 3.63) is 53.2 Å². The lowest BCUT2D eigenvalue weighted by molar-refractivity contribution is 0.121. The van der Waals surface area contributed by atoms with Gasteiger partial charge in [-0.05, 0) is 25.1 Å². The van der Waals surface area contributed by atoms with Gasteiger partial charge in [0.2, 0.25) is 0 Å². The lowest BCUT2D eigenvalue weighted by Crippen LogP contribution is -2.18. The Labute approximate surface area is 154 Å². The fourth-order valence-electron chi connectivity index (χ4n) is 2.37. The summed E-state index contributed by atoms with van der Waals surface area (Å²) in [6, 6.07) is 10.6. The highest BCUT2D eigenvalue weighted by atomic mass is 35.5. The van der Waals surface area contributed by atoms with Crippen molar-refractivity contribution in [2.75, 3.05) is 11.1 Å². The number of benzene rings is 1. The molecule has 2 heterocycles. The number of aromatic nitrogens is 4. The third-order valence-corrected chi connectivity index (χ3v) is 4.05. The SMILES string of the molecule is C[C@@H](OC(=O)Nc1c(-c2ccc(N)cn2)nnn1C)c1ccccc1Cl. The normalized spacial score (nSPS) is 11.8. The van der Waals surface area contributed by atoms with E-state index < -0.39 is 12.2 Å². The summed E-state index contributed by atoms with van der Waals surface area (Å²) in [7, 11) is 1.65. The molecule has 0 unspecified atom stereocenters.